The average Bonchev–Trinajstić information content (AvgIpc) is 2.45. The molecule has 0 aliphatic rings. The van der Waals surface area contributed by atoms with E-state index in [4.69, 9.17) is 0 Å². The maximum Gasteiger partial charge on any atom is 0.188 e. The lowest BCUT2D eigenvalue weighted by molar-refractivity contribution is 0.0994. The first-order valence-electron chi connectivity index (χ1n) is 7.11. The van der Waals surface area contributed by atoms with Gasteiger partial charge in [0.1, 0.15) is 0 Å². The minimum atomic E-state index is -0.196. The molecule has 1 heterocycles. The third-order valence-electron chi connectivity index (χ3n) is 3.26. The van der Waals surface area contributed by atoms with E-state index in [1.165, 1.54) is 17.3 Å². The highest BCUT2D eigenvalue weighted by molar-refractivity contribution is 8.00. The van der Waals surface area contributed by atoms with Crippen molar-refractivity contribution in [3.63, 3.8) is 0 Å². The molecule has 3 nitrogen and oxygen atoms in total. The van der Waals surface area contributed by atoms with E-state index in [1.54, 1.807) is 0 Å². The van der Waals surface area contributed by atoms with Gasteiger partial charge in [-0.3, -0.25) is 4.79 Å². The second kappa shape index (κ2) is 6.85. The Morgan fingerprint density at radius 3 is 2.24 bits per heavy atom. The van der Waals surface area contributed by atoms with Gasteiger partial charge in [0.2, 0.25) is 0 Å². The number of carbonyl (C=O) groups excluding carboxylic acids is 1. The molecular formula is C17H20N2OS. The molecule has 0 N–H and O–H groups in total. The number of benzene rings is 1. The molecular weight excluding hydrogens is 280 g/mol. The predicted molar refractivity (Wildman–Crippen MR) is 87.0 cm³/mol. The zero-order valence-corrected chi connectivity index (χ0v) is 13.7. The van der Waals surface area contributed by atoms with Gasteiger partial charge < -0.3 is 0 Å². The Hall–Kier alpha value is -1.68. The molecule has 0 spiro atoms. The minimum absolute atomic E-state index is 0.116. The van der Waals surface area contributed by atoms with Crippen LogP contribution in [-0.2, 0) is 6.42 Å². The highest BCUT2D eigenvalue weighted by Crippen LogP contribution is 2.23. The van der Waals surface area contributed by atoms with E-state index in [9.17, 15) is 4.79 Å². The van der Waals surface area contributed by atoms with Crippen molar-refractivity contribution in [3.05, 3.63) is 52.8 Å². The van der Waals surface area contributed by atoms with Crippen LogP contribution < -0.4 is 0 Å². The Labute approximate surface area is 130 Å². The molecule has 0 amide bonds. The first-order valence-corrected chi connectivity index (χ1v) is 7.99. The topological polar surface area (TPSA) is 42.9 Å². The fraction of sp³-hybridized carbons (Fsp3) is 0.353. The third kappa shape index (κ3) is 4.14. The SMILES string of the molecule is CCc1ccc(C(=O)C(C)Sc2nc(C)cc(C)n2)cc1. The summed E-state index contributed by atoms with van der Waals surface area (Å²) < 4.78 is 0. The van der Waals surface area contributed by atoms with Crippen molar-refractivity contribution in [3.8, 4) is 0 Å². The summed E-state index contributed by atoms with van der Waals surface area (Å²) >= 11 is 1.41. The summed E-state index contributed by atoms with van der Waals surface area (Å²) in [5.74, 6) is 0.116. The molecule has 2 rings (SSSR count). The molecule has 4 heteroatoms. The number of nitrogens with zero attached hydrogens (tertiary/aromatic N) is 2. The minimum Gasteiger partial charge on any atom is -0.293 e. The quantitative estimate of drug-likeness (QED) is 0.475. The van der Waals surface area contributed by atoms with Crippen LogP contribution in [0.2, 0.25) is 0 Å². The fourth-order valence-electron chi connectivity index (χ4n) is 2.10. The van der Waals surface area contributed by atoms with Crippen LogP contribution >= 0.6 is 11.8 Å². The van der Waals surface area contributed by atoms with Crippen LogP contribution in [0, 0.1) is 13.8 Å². The molecule has 1 atom stereocenters. The summed E-state index contributed by atoms with van der Waals surface area (Å²) in [6.45, 7) is 7.89. The van der Waals surface area contributed by atoms with Gasteiger partial charge >= 0.3 is 0 Å². The van der Waals surface area contributed by atoms with Gasteiger partial charge in [0.15, 0.2) is 10.9 Å². The van der Waals surface area contributed by atoms with E-state index < -0.39 is 0 Å². The van der Waals surface area contributed by atoms with Crippen LogP contribution in [0.1, 0.15) is 41.2 Å². The third-order valence-corrected chi connectivity index (χ3v) is 4.22. The van der Waals surface area contributed by atoms with Crippen LogP contribution in [0.5, 0.6) is 0 Å². The summed E-state index contributed by atoms with van der Waals surface area (Å²) in [4.78, 5) is 21.2. The van der Waals surface area contributed by atoms with Crippen molar-refractivity contribution >= 4 is 17.5 Å². The number of hydrogen-bond acceptors (Lipinski definition) is 4. The van der Waals surface area contributed by atoms with E-state index >= 15 is 0 Å². The molecule has 1 aromatic carbocycles. The van der Waals surface area contributed by atoms with Crippen molar-refractivity contribution in [1.82, 2.24) is 9.97 Å². The zero-order valence-electron chi connectivity index (χ0n) is 12.9. The van der Waals surface area contributed by atoms with Crippen molar-refractivity contribution in [2.75, 3.05) is 0 Å². The molecule has 1 aromatic heterocycles. The number of thioether (sulfide) groups is 1. The van der Waals surface area contributed by atoms with E-state index in [0.717, 1.165) is 23.4 Å². The number of carbonyl (C=O) groups is 1. The first-order chi connectivity index (χ1) is 9.99. The fourth-order valence-corrected chi connectivity index (χ4v) is 3.05. The molecule has 0 saturated heterocycles. The first kappa shape index (κ1) is 15.7. The average molecular weight is 300 g/mol. The van der Waals surface area contributed by atoms with Gasteiger partial charge in [-0.25, -0.2) is 9.97 Å². The lowest BCUT2D eigenvalue weighted by Crippen LogP contribution is -2.14. The van der Waals surface area contributed by atoms with Crippen molar-refractivity contribution < 1.29 is 4.79 Å². The van der Waals surface area contributed by atoms with Gasteiger partial charge in [-0.05, 0) is 38.8 Å². The summed E-state index contributed by atoms with van der Waals surface area (Å²) in [6, 6.07) is 9.76. The lowest BCUT2D eigenvalue weighted by atomic mass is 10.1. The smallest absolute Gasteiger partial charge is 0.188 e. The number of ketones is 1. The Bertz CT molecular complexity index is 617. The molecule has 1 unspecified atom stereocenters. The number of rotatable bonds is 5. The summed E-state index contributed by atoms with van der Waals surface area (Å²) in [6.07, 6.45) is 0.981. The monoisotopic (exact) mass is 300 g/mol. The van der Waals surface area contributed by atoms with E-state index in [-0.39, 0.29) is 11.0 Å². The highest BCUT2D eigenvalue weighted by atomic mass is 32.2. The van der Waals surface area contributed by atoms with Crippen molar-refractivity contribution in [2.45, 2.75) is 44.5 Å². The summed E-state index contributed by atoms with van der Waals surface area (Å²) in [5.41, 5.74) is 3.84. The highest BCUT2D eigenvalue weighted by Gasteiger charge is 2.18. The number of Topliss-reactive ketones (excluding diaryl/α,β-unsaturated/α-hetero) is 1. The number of aromatic nitrogens is 2. The molecule has 0 saturated carbocycles. The van der Waals surface area contributed by atoms with Crippen LogP contribution in [0.15, 0.2) is 35.5 Å². The number of aryl methyl sites for hydroxylation is 3. The summed E-state index contributed by atoms with van der Waals surface area (Å²) in [5, 5.41) is 0.470. The van der Waals surface area contributed by atoms with Crippen molar-refractivity contribution in [1.29, 1.82) is 0 Å². The standard InChI is InChI=1S/C17H20N2OS/c1-5-14-6-8-15(9-7-14)16(20)13(4)21-17-18-11(2)10-12(3)19-17/h6-10,13H,5H2,1-4H3. The van der Waals surface area contributed by atoms with E-state index in [2.05, 4.69) is 16.9 Å². The van der Waals surface area contributed by atoms with Gasteiger partial charge in [0, 0.05) is 17.0 Å². The van der Waals surface area contributed by atoms with Gasteiger partial charge in [0.25, 0.3) is 0 Å². The zero-order chi connectivity index (χ0) is 15.4. The normalized spacial score (nSPS) is 12.2. The van der Waals surface area contributed by atoms with Crippen molar-refractivity contribution in [2.24, 2.45) is 0 Å². The summed E-state index contributed by atoms with van der Waals surface area (Å²) in [7, 11) is 0. The van der Waals surface area contributed by atoms with Gasteiger partial charge in [-0.1, -0.05) is 43.0 Å². The molecule has 21 heavy (non-hydrogen) atoms. The molecule has 0 aliphatic heterocycles. The molecule has 110 valence electrons. The Balaban J connectivity index is 2.11. The Morgan fingerprint density at radius 2 is 1.71 bits per heavy atom. The molecule has 0 fully saturated rings. The van der Waals surface area contributed by atoms with Gasteiger partial charge in [-0.2, -0.15) is 0 Å². The van der Waals surface area contributed by atoms with E-state index in [0.29, 0.717) is 5.16 Å². The molecule has 2 aromatic rings. The molecule has 0 aliphatic carbocycles. The van der Waals surface area contributed by atoms with Gasteiger partial charge in [0.05, 0.1) is 5.25 Å². The lowest BCUT2D eigenvalue weighted by Gasteiger charge is -2.10. The second-order valence-corrected chi connectivity index (χ2v) is 6.42. The van der Waals surface area contributed by atoms with Crippen LogP contribution in [-0.4, -0.2) is 21.0 Å². The van der Waals surface area contributed by atoms with Crippen LogP contribution in [0.25, 0.3) is 0 Å². The predicted octanol–water partition coefficient (Wildman–Crippen LogP) is 4.02. The molecule has 0 bridgehead atoms. The van der Waals surface area contributed by atoms with Gasteiger partial charge in [-0.15, -0.1) is 0 Å². The number of hydrogen-bond donors (Lipinski definition) is 0. The second-order valence-electron chi connectivity index (χ2n) is 5.11. The largest absolute Gasteiger partial charge is 0.293 e. The van der Waals surface area contributed by atoms with E-state index in [1.807, 2.05) is 51.1 Å². The van der Waals surface area contributed by atoms with Crippen LogP contribution in [0.3, 0.4) is 0 Å². The molecule has 0 radical (unpaired) electrons. The van der Waals surface area contributed by atoms with Crippen LogP contribution in [0.4, 0.5) is 0 Å². The maximum absolute atomic E-state index is 12.4. The Kier molecular flexibility index (Phi) is 5.12. The Morgan fingerprint density at radius 1 is 1.14 bits per heavy atom. The maximum atomic E-state index is 12.4.